The van der Waals surface area contributed by atoms with Crippen molar-refractivity contribution in [1.29, 1.82) is 0 Å². The van der Waals surface area contributed by atoms with E-state index in [0.29, 0.717) is 10.2 Å². The lowest BCUT2D eigenvalue weighted by atomic mass is 10.2. The molecule has 0 heterocycles. The molecular weight excluding hydrogens is 340 g/mol. The number of nitrogen functional groups attached to an aromatic ring is 2. The first-order chi connectivity index (χ1) is 8.90. The van der Waals surface area contributed by atoms with Gasteiger partial charge in [0.25, 0.3) is 0 Å². The smallest absolute Gasteiger partial charge is 0.169 e. The Labute approximate surface area is 121 Å². The van der Waals surface area contributed by atoms with Crippen LogP contribution in [-0.4, -0.2) is 0 Å². The van der Waals surface area contributed by atoms with Crippen molar-refractivity contribution in [3.05, 3.63) is 45.4 Å². The van der Waals surface area contributed by atoms with Crippen LogP contribution >= 0.6 is 27.5 Å². The maximum atomic E-state index is 14.0. The fraction of sp³-hybridized carbons (Fsp3) is 0. The van der Waals surface area contributed by atoms with Crippen LogP contribution in [0.1, 0.15) is 0 Å². The van der Waals surface area contributed by atoms with E-state index in [1.165, 1.54) is 24.3 Å². The zero-order chi connectivity index (χ0) is 14.2. The summed E-state index contributed by atoms with van der Waals surface area (Å²) in [6.45, 7) is 0. The van der Waals surface area contributed by atoms with Gasteiger partial charge in [-0.1, -0.05) is 11.6 Å². The van der Waals surface area contributed by atoms with E-state index in [1.54, 1.807) is 0 Å². The first-order valence-electron chi connectivity index (χ1n) is 5.15. The molecule has 0 aliphatic carbocycles. The molecule has 0 atom stereocenters. The molecule has 2 aromatic rings. The number of benzene rings is 2. The Balaban J connectivity index is 2.49. The molecule has 0 saturated heterocycles. The van der Waals surface area contributed by atoms with Crippen LogP contribution in [0.25, 0.3) is 0 Å². The Bertz CT molecular complexity index is 649. The van der Waals surface area contributed by atoms with E-state index in [-0.39, 0.29) is 22.1 Å². The molecule has 2 rings (SSSR count). The molecular formula is C12H9BrClF2N3. The van der Waals surface area contributed by atoms with Crippen LogP contribution < -0.4 is 16.8 Å². The predicted octanol–water partition coefficient (Wildman–Crippen LogP) is 4.29. The van der Waals surface area contributed by atoms with Crippen LogP contribution in [0.2, 0.25) is 5.02 Å². The van der Waals surface area contributed by atoms with E-state index in [9.17, 15) is 8.78 Å². The van der Waals surface area contributed by atoms with E-state index in [4.69, 9.17) is 23.1 Å². The van der Waals surface area contributed by atoms with E-state index < -0.39 is 11.6 Å². The van der Waals surface area contributed by atoms with Crippen LogP contribution in [0.3, 0.4) is 0 Å². The van der Waals surface area contributed by atoms with Crippen LogP contribution in [0, 0.1) is 11.6 Å². The molecule has 0 fully saturated rings. The van der Waals surface area contributed by atoms with Crippen LogP contribution in [-0.2, 0) is 0 Å². The molecule has 0 saturated carbocycles. The molecule has 0 spiro atoms. The fourth-order valence-electron chi connectivity index (χ4n) is 1.52. The van der Waals surface area contributed by atoms with Gasteiger partial charge in [-0.3, -0.25) is 0 Å². The summed E-state index contributed by atoms with van der Waals surface area (Å²) >= 11 is 8.93. The van der Waals surface area contributed by atoms with Crippen molar-refractivity contribution in [1.82, 2.24) is 0 Å². The molecule has 3 nitrogen and oxygen atoms in total. The molecule has 0 aliphatic heterocycles. The standard InChI is InChI=1S/C12H9BrClF2N3/c13-6-2-1-5(15)3-9(6)19-12-8(18)4-7(17)10(14)11(12)16/h1-4,19H,17-18H2. The highest BCUT2D eigenvalue weighted by Gasteiger charge is 2.15. The summed E-state index contributed by atoms with van der Waals surface area (Å²) in [5, 5.41) is 2.46. The van der Waals surface area contributed by atoms with Gasteiger partial charge < -0.3 is 16.8 Å². The van der Waals surface area contributed by atoms with Gasteiger partial charge in [0, 0.05) is 4.47 Å². The summed E-state index contributed by atoms with van der Waals surface area (Å²) in [6, 6.07) is 5.30. The molecule has 0 bridgehead atoms. The molecule has 2 aromatic carbocycles. The SMILES string of the molecule is Nc1cc(N)c(Nc2cc(F)ccc2Br)c(F)c1Cl. The van der Waals surface area contributed by atoms with Gasteiger partial charge in [0.2, 0.25) is 0 Å². The summed E-state index contributed by atoms with van der Waals surface area (Å²) in [5.41, 5.74) is 11.6. The zero-order valence-electron chi connectivity index (χ0n) is 9.48. The first kappa shape index (κ1) is 13.9. The Morgan fingerprint density at radius 2 is 1.79 bits per heavy atom. The van der Waals surface area contributed by atoms with Crippen LogP contribution in [0.5, 0.6) is 0 Å². The highest BCUT2D eigenvalue weighted by molar-refractivity contribution is 9.10. The molecule has 0 unspecified atom stereocenters. The third-order valence-corrected chi connectivity index (χ3v) is 3.53. The number of nitrogens with two attached hydrogens (primary N) is 2. The number of nitrogens with one attached hydrogen (secondary N) is 1. The van der Waals surface area contributed by atoms with Crippen molar-refractivity contribution in [3.63, 3.8) is 0 Å². The quantitative estimate of drug-likeness (QED) is 0.709. The van der Waals surface area contributed by atoms with Crippen LogP contribution in [0.4, 0.5) is 31.5 Å². The van der Waals surface area contributed by atoms with Gasteiger partial charge in [-0.25, -0.2) is 8.78 Å². The largest absolute Gasteiger partial charge is 0.397 e. The Hall–Kier alpha value is -1.53. The van der Waals surface area contributed by atoms with Gasteiger partial charge in [-0.2, -0.15) is 0 Å². The summed E-state index contributed by atoms with van der Waals surface area (Å²) in [4.78, 5) is 0. The van der Waals surface area contributed by atoms with Gasteiger partial charge in [0.1, 0.15) is 10.8 Å². The summed E-state index contributed by atoms with van der Waals surface area (Å²) in [6.07, 6.45) is 0. The molecule has 100 valence electrons. The topological polar surface area (TPSA) is 64.1 Å². The molecule has 0 aromatic heterocycles. The summed E-state index contributed by atoms with van der Waals surface area (Å²) in [5.74, 6) is -1.25. The number of halogens is 4. The van der Waals surface area contributed by atoms with E-state index in [2.05, 4.69) is 21.2 Å². The number of rotatable bonds is 2. The zero-order valence-corrected chi connectivity index (χ0v) is 11.8. The second-order valence-corrected chi connectivity index (χ2v) is 5.04. The minimum atomic E-state index is -0.782. The van der Waals surface area contributed by atoms with Gasteiger partial charge in [-0.15, -0.1) is 0 Å². The first-order valence-corrected chi connectivity index (χ1v) is 6.32. The molecule has 19 heavy (non-hydrogen) atoms. The van der Waals surface area contributed by atoms with Crippen molar-refractivity contribution >= 4 is 50.3 Å². The number of hydrogen-bond acceptors (Lipinski definition) is 3. The highest BCUT2D eigenvalue weighted by Crippen LogP contribution is 2.37. The fourth-order valence-corrected chi connectivity index (χ4v) is 2.02. The Morgan fingerprint density at radius 3 is 2.47 bits per heavy atom. The number of hydrogen-bond donors (Lipinski definition) is 3. The maximum Gasteiger partial charge on any atom is 0.169 e. The van der Waals surface area contributed by atoms with Crippen molar-refractivity contribution in [2.75, 3.05) is 16.8 Å². The summed E-state index contributed by atoms with van der Waals surface area (Å²) in [7, 11) is 0. The lowest BCUT2D eigenvalue weighted by molar-refractivity contribution is 0.627. The third kappa shape index (κ3) is 2.74. The highest BCUT2D eigenvalue weighted by atomic mass is 79.9. The minimum absolute atomic E-state index is 0.0422. The second kappa shape index (κ2) is 5.22. The average Bonchev–Trinajstić information content (AvgIpc) is 2.36. The Kier molecular flexibility index (Phi) is 3.82. The minimum Gasteiger partial charge on any atom is -0.397 e. The van der Waals surface area contributed by atoms with Gasteiger partial charge in [0.15, 0.2) is 5.82 Å². The normalized spacial score (nSPS) is 10.5. The van der Waals surface area contributed by atoms with Gasteiger partial charge >= 0.3 is 0 Å². The monoisotopic (exact) mass is 347 g/mol. The molecule has 0 radical (unpaired) electrons. The summed E-state index contributed by atoms with van der Waals surface area (Å²) < 4.78 is 27.7. The van der Waals surface area contributed by atoms with E-state index in [0.717, 1.165) is 0 Å². The second-order valence-electron chi connectivity index (χ2n) is 3.81. The molecule has 0 aliphatic rings. The number of anilines is 4. The van der Waals surface area contributed by atoms with Gasteiger partial charge in [0.05, 0.1) is 22.7 Å². The van der Waals surface area contributed by atoms with Crippen molar-refractivity contribution in [3.8, 4) is 0 Å². The molecule has 0 amide bonds. The Morgan fingerprint density at radius 1 is 1.11 bits per heavy atom. The van der Waals surface area contributed by atoms with Gasteiger partial charge in [-0.05, 0) is 40.2 Å². The predicted molar refractivity (Wildman–Crippen MR) is 77.6 cm³/mol. The maximum absolute atomic E-state index is 14.0. The van der Waals surface area contributed by atoms with Crippen LogP contribution in [0.15, 0.2) is 28.7 Å². The average molecular weight is 349 g/mol. The third-order valence-electron chi connectivity index (χ3n) is 2.45. The van der Waals surface area contributed by atoms with E-state index in [1.807, 2.05) is 0 Å². The lowest BCUT2D eigenvalue weighted by Crippen LogP contribution is -2.03. The van der Waals surface area contributed by atoms with Crippen molar-refractivity contribution in [2.24, 2.45) is 0 Å². The molecule has 7 heteroatoms. The van der Waals surface area contributed by atoms with Crippen molar-refractivity contribution in [2.45, 2.75) is 0 Å². The lowest BCUT2D eigenvalue weighted by Gasteiger charge is -2.14. The van der Waals surface area contributed by atoms with Crippen molar-refractivity contribution < 1.29 is 8.78 Å². The molecule has 5 N–H and O–H groups in total. The van der Waals surface area contributed by atoms with E-state index >= 15 is 0 Å².